The van der Waals surface area contributed by atoms with E-state index in [1.54, 1.807) is 7.11 Å². The second-order valence-corrected chi connectivity index (χ2v) is 3.00. The zero-order chi connectivity index (χ0) is 8.97. The number of aliphatic hydroxyl groups is 1. The molecular weight excluding hydrogens is 156 g/mol. The van der Waals surface area contributed by atoms with Crippen molar-refractivity contribution < 1.29 is 14.6 Å². The van der Waals surface area contributed by atoms with Gasteiger partial charge in [-0.2, -0.15) is 0 Å². The van der Waals surface area contributed by atoms with Crippen molar-refractivity contribution in [1.82, 2.24) is 0 Å². The van der Waals surface area contributed by atoms with Crippen molar-refractivity contribution in [1.29, 1.82) is 0 Å². The molecule has 0 aromatic heterocycles. The zero-order valence-corrected chi connectivity index (χ0v) is 7.40. The van der Waals surface area contributed by atoms with Crippen molar-refractivity contribution in [2.24, 2.45) is 0 Å². The minimum absolute atomic E-state index is 0.138. The van der Waals surface area contributed by atoms with Crippen LogP contribution < -0.4 is 0 Å². The predicted molar refractivity (Wildman–Crippen MR) is 45.7 cm³/mol. The van der Waals surface area contributed by atoms with E-state index in [0.717, 1.165) is 19.3 Å². The van der Waals surface area contributed by atoms with E-state index in [-0.39, 0.29) is 12.4 Å². The van der Waals surface area contributed by atoms with Gasteiger partial charge < -0.3 is 14.6 Å². The first kappa shape index (κ1) is 9.71. The Morgan fingerprint density at radius 1 is 1.67 bits per heavy atom. The first-order chi connectivity index (χ1) is 5.77. The summed E-state index contributed by atoms with van der Waals surface area (Å²) in [7, 11) is 1.62. The van der Waals surface area contributed by atoms with E-state index in [1.165, 1.54) is 6.08 Å². The first-order valence-corrected chi connectivity index (χ1v) is 4.26. The molecule has 12 heavy (non-hydrogen) atoms. The highest BCUT2D eigenvalue weighted by molar-refractivity contribution is 4.86. The maximum Gasteiger partial charge on any atom is 0.157 e. The van der Waals surface area contributed by atoms with Gasteiger partial charge in [0.2, 0.25) is 0 Å². The normalized spacial score (nSPS) is 32.8. The smallest absolute Gasteiger partial charge is 0.157 e. The van der Waals surface area contributed by atoms with Crippen molar-refractivity contribution in [2.45, 2.75) is 37.8 Å². The molecule has 70 valence electrons. The van der Waals surface area contributed by atoms with E-state index in [1.807, 2.05) is 0 Å². The Morgan fingerprint density at radius 2 is 2.42 bits per heavy atom. The van der Waals surface area contributed by atoms with Gasteiger partial charge in [-0.05, 0) is 19.3 Å². The van der Waals surface area contributed by atoms with Crippen LogP contribution in [0.25, 0.3) is 0 Å². The lowest BCUT2D eigenvalue weighted by atomic mass is 10.0. The Labute approximate surface area is 73.0 Å². The van der Waals surface area contributed by atoms with Crippen molar-refractivity contribution in [2.75, 3.05) is 7.11 Å². The first-order valence-electron chi connectivity index (χ1n) is 4.26. The molecule has 1 aliphatic heterocycles. The largest absolute Gasteiger partial charge is 0.386 e. The molecule has 1 saturated heterocycles. The molecule has 0 bridgehead atoms. The monoisotopic (exact) mass is 172 g/mol. The van der Waals surface area contributed by atoms with Crippen LogP contribution in [0.1, 0.15) is 19.3 Å². The average Bonchev–Trinajstić information content (AvgIpc) is 2.17. The molecule has 3 heteroatoms. The number of ether oxygens (including phenoxy) is 2. The number of methoxy groups -OCH3 is 1. The molecule has 1 N–H and O–H groups in total. The van der Waals surface area contributed by atoms with Crippen LogP contribution in [0.2, 0.25) is 0 Å². The third-order valence-electron chi connectivity index (χ3n) is 2.14. The quantitative estimate of drug-likeness (QED) is 0.647. The van der Waals surface area contributed by atoms with Gasteiger partial charge in [-0.1, -0.05) is 6.08 Å². The summed E-state index contributed by atoms with van der Waals surface area (Å²) in [6.45, 7) is 3.52. The molecule has 1 aliphatic rings. The highest BCUT2D eigenvalue weighted by Gasteiger charge is 2.25. The lowest BCUT2D eigenvalue weighted by Crippen LogP contribution is -2.36. The van der Waals surface area contributed by atoms with E-state index < -0.39 is 6.10 Å². The fourth-order valence-electron chi connectivity index (χ4n) is 1.39. The molecule has 1 rings (SSSR count). The highest BCUT2D eigenvalue weighted by Crippen LogP contribution is 2.21. The third-order valence-corrected chi connectivity index (χ3v) is 2.14. The fraction of sp³-hybridized carbons (Fsp3) is 0.778. The molecule has 1 fully saturated rings. The van der Waals surface area contributed by atoms with Crippen molar-refractivity contribution in [3.05, 3.63) is 12.7 Å². The Kier molecular flexibility index (Phi) is 3.72. The van der Waals surface area contributed by atoms with Gasteiger partial charge in [0.25, 0.3) is 0 Å². The predicted octanol–water partition coefficient (Wildman–Crippen LogP) is 1.07. The minimum atomic E-state index is -0.567. The molecule has 0 aliphatic carbocycles. The molecule has 0 amide bonds. The van der Waals surface area contributed by atoms with E-state index in [9.17, 15) is 5.11 Å². The van der Waals surface area contributed by atoms with Gasteiger partial charge in [0, 0.05) is 7.11 Å². The summed E-state index contributed by atoms with van der Waals surface area (Å²) < 4.78 is 10.5. The van der Waals surface area contributed by atoms with E-state index in [4.69, 9.17) is 9.47 Å². The Morgan fingerprint density at radius 3 is 3.00 bits per heavy atom. The van der Waals surface area contributed by atoms with Crippen LogP contribution in [0.3, 0.4) is 0 Å². The summed E-state index contributed by atoms with van der Waals surface area (Å²) in [5, 5.41) is 9.40. The maximum absolute atomic E-state index is 9.40. The van der Waals surface area contributed by atoms with Gasteiger partial charge in [-0.15, -0.1) is 6.58 Å². The second-order valence-electron chi connectivity index (χ2n) is 3.00. The molecule has 0 aromatic carbocycles. The molecule has 1 heterocycles. The average molecular weight is 172 g/mol. The van der Waals surface area contributed by atoms with Crippen LogP contribution in [0.15, 0.2) is 12.7 Å². The summed E-state index contributed by atoms with van der Waals surface area (Å²) >= 11 is 0. The third kappa shape index (κ3) is 2.30. The lowest BCUT2D eigenvalue weighted by Gasteiger charge is -2.30. The topological polar surface area (TPSA) is 38.7 Å². The summed E-state index contributed by atoms with van der Waals surface area (Å²) in [5.74, 6) is 0. The minimum Gasteiger partial charge on any atom is -0.386 e. The number of hydrogen-bond donors (Lipinski definition) is 1. The van der Waals surface area contributed by atoms with Gasteiger partial charge in [0.1, 0.15) is 0 Å². The zero-order valence-electron chi connectivity index (χ0n) is 7.40. The van der Waals surface area contributed by atoms with Crippen molar-refractivity contribution in [3.8, 4) is 0 Å². The van der Waals surface area contributed by atoms with Gasteiger partial charge in [-0.25, -0.2) is 0 Å². The van der Waals surface area contributed by atoms with Crippen LogP contribution in [0.5, 0.6) is 0 Å². The summed E-state index contributed by atoms with van der Waals surface area (Å²) in [5.41, 5.74) is 0. The molecule has 0 saturated carbocycles. The van der Waals surface area contributed by atoms with Crippen LogP contribution in [0, 0.1) is 0 Å². The molecular formula is C9H16O3. The number of aliphatic hydroxyl groups excluding tert-OH is 1. The molecule has 3 nitrogen and oxygen atoms in total. The van der Waals surface area contributed by atoms with Gasteiger partial charge in [0.15, 0.2) is 6.29 Å². The number of rotatable bonds is 3. The highest BCUT2D eigenvalue weighted by atomic mass is 16.7. The number of hydrogen-bond acceptors (Lipinski definition) is 3. The van der Waals surface area contributed by atoms with Crippen LogP contribution >= 0.6 is 0 Å². The summed E-state index contributed by atoms with van der Waals surface area (Å²) in [4.78, 5) is 0. The maximum atomic E-state index is 9.40. The van der Waals surface area contributed by atoms with E-state index in [0.29, 0.717) is 0 Å². The lowest BCUT2D eigenvalue weighted by molar-refractivity contribution is -0.197. The van der Waals surface area contributed by atoms with Crippen LogP contribution in [-0.2, 0) is 9.47 Å². The molecule has 0 radical (unpaired) electrons. The Bertz CT molecular complexity index is 147. The van der Waals surface area contributed by atoms with E-state index >= 15 is 0 Å². The van der Waals surface area contributed by atoms with Gasteiger partial charge in [-0.3, -0.25) is 0 Å². The SMILES string of the molecule is C=C[C@@H](O)[C@@H]1CCC[C@@H](OC)O1. The summed E-state index contributed by atoms with van der Waals surface area (Å²) in [6, 6.07) is 0. The van der Waals surface area contributed by atoms with Crippen molar-refractivity contribution in [3.63, 3.8) is 0 Å². The second kappa shape index (κ2) is 4.60. The molecule has 0 spiro atoms. The standard InChI is InChI=1S/C9H16O3/c1-3-7(10)8-5-4-6-9(11-2)12-8/h3,7-10H,1,4-6H2,2H3/t7-,8+,9+/m1/s1. The van der Waals surface area contributed by atoms with Crippen LogP contribution in [-0.4, -0.2) is 30.7 Å². The molecule has 0 aromatic rings. The van der Waals surface area contributed by atoms with Crippen molar-refractivity contribution >= 4 is 0 Å². The molecule has 0 unspecified atom stereocenters. The fourth-order valence-corrected chi connectivity index (χ4v) is 1.39. The Hall–Kier alpha value is -0.380. The Balaban J connectivity index is 2.39. The van der Waals surface area contributed by atoms with Gasteiger partial charge >= 0.3 is 0 Å². The van der Waals surface area contributed by atoms with Gasteiger partial charge in [0.05, 0.1) is 12.2 Å². The summed E-state index contributed by atoms with van der Waals surface area (Å²) in [6.07, 6.45) is 3.48. The van der Waals surface area contributed by atoms with E-state index in [2.05, 4.69) is 6.58 Å². The molecule has 3 atom stereocenters. The van der Waals surface area contributed by atoms with Crippen LogP contribution in [0.4, 0.5) is 0 Å².